The minimum absolute atomic E-state index is 0.101. The van der Waals surface area contributed by atoms with Crippen LogP contribution in [0.4, 0.5) is 19.0 Å². The summed E-state index contributed by atoms with van der Waals surface area (Å²) >= 11 is 0. The van der Waals surface area contributed by atoms with Gasteiger partial charge in [-0.1, -0.05) is 0 Å². The molecule has 0 aromatic carbocycles. The van der Waals surface area contributed by atoms with Crippen molar-refractivity contribution in [2.45, 2.75) is 12.8 Å². The van der Waals surface area contributed by atoms with Gasteiger partial charge in [0.2, 0.25) is 0 Å². The van der Waals surface area contributed by atoms with Crippen LogP contribution in [-0.4, -0.2) is 29.0 Å². The molecule has 1 aromatic heterocycles. The number of hydrogen-bond acceptors (Lipinski definition) is 4. The second-order valence-corrected chi connectivity index (χ2v) is 3.04. The van der Waals surface area contributed by atoms with E-state index < -0.39 is 24.8 Å². The van der Waals surface area contributed by atoms with Crippen LogP contribution in [0.1, 0.15) is 5.69 Å². The Kier molecular flexibility index (Phi) is 3.46. The Morgan fingerprint density at radius 2 is 2.13 bits per heavy atom. The summed E-state index contributed by atoms with van der Waals surface area (Å²) in [4.78, 5) is 7.07. The summed E-state index contributed by atoms with van der Waals surface area (Å²) < 4.78 is 38.7. The van der Waals surface area contributed by atoms with Gasteiger partial charge in [0.05, 0.1) is 18.8 Å². The molecule has 0 bridgehead atoms. The lowest BCUT2D eigenvalue weighted by Gasteiger charge is -2.15. The Balaban J connectivity index is 2.70. The fourth-order valence-electron chi connectivity index (χ4n) is 0.866. The predicted octanol–water partition coefficient (Wildman–Crippen LogP) is 0.930. The third-order valence-corrected chi connectivity index (χ3v) is 1.78. The maximum absolute atomic E-state index is 13.2. The van der Waals surface area contributed by atoms with Gasteiger partial charge in [0.25, 0.3) is 5.92 Å². The van der Waals surface area contributed by atoms with E-state index >= 15 is 0 Å². The summed E-state index contributed by atoms with van der Waals surface area (Å²) in [5.74, 6) is -4.05. The maximum atomic E-state index is 13.2. The van der Waals surface area contributed by atoms with Gasteiger partial charge in [0.15, 0.2) is 11.6 Å². The van der Waals surface area contributed by atoms with Crippen molar-refractivity contribution >= 4 is 5.82 Å². The summed E-state index contributed by atoms with van der Waals surface area (Å²) in [5, 5.41) is 2.19. The van der Waals surface area contributed by atoms with Crippen LogP contribution < -0.4 is 11.1 Å². The molecular formula is C8H11F3N4. The highest BCUT2D eigenvalue weighted by atomic mass is 19.3. The van der Waals surface area contributed by atoms with Crippen molar-refractivity contribution in [1.29, 1.82) is 0 Å². The molecule has 0 aliphatic carbocycles. The average molecular weight is 220 g/mol. The lowest BCUT2D eigenvalue weighted by molar-refractivity contribution is 0.0252. The number of halogens is 3. The van der Waals surface area contributed by atoms with Gasteiger partial charge in [-0.15, -0.1) is 0 Å². The molecule has 0 saturated carbocycles. The van der Waals surface area contributed by atoms with Crippen LogP contribution in [0.5, 0.6) is 0 Å². The molecule has 1 heterocycles. The predicted molar refractivity (Wildman–Crippen MR) is 49.2 cm³/mol. The van der Waals surface area contributed by atoms with Crippen LogP contribution in [0.2, 0.25) is 0 Å². The molecule has 0 aliphatic heterocycles. The number of nitrogens with zero attached hydrogens (tertiary/aromatic N) is 2. The van der Waals surface area contributed by atoms with Crippen molar-refractivity contribution in [2.24, 2.45) is 5.73 Å². The fourth-order valence-corrected chi connectivity index (χ4v) is 0.866. The quantitative estimate of drug-likeness (QED) is 0.792. The molecule has 7 heteroatoms. The first-order valence-corrected chi connectivity index (χ1v) is 4.25. The highest BCUT2D eigenvalue weighted by Crippen LogP contribution is 2.15. The minimum atomic E-state index is -3.08. The normalized spacial score (nSPS) is 11.5. The van der Waals surface area contributed by atoms with Crippen LogP contribution >= 0.6 is 0 Å². The van der Waals surface area contributed by atoms with Gasteiger partial charge in [0.1, 0.15) is 6.33 Å². The molecule has 0 aliphatic rings. The van der Waals surface area contributed by atoms with Crippen LogP contribution in [-0.2, 0) is 0 Å². The summed E-state index contributed by atoms with van der Waals surface area (Å²) in [6.45, 7) is -0.133. The van der Waals surface area contributed by atoms with E-state index in [-0.39, 0.29) is 11.5 Å². The topological polar surface area (TPSA) is 63.8 Å². The smallest absolute Gasteiger partial charge is 0.276 e. The summed E-state index contributed by atoms with van der Waals surface area (Å²) in [5.41, 5.74) is 4.92. The number of aryl methyl sites for hydroxylation is 1. The molecule has 0 spiro atoms. The van der Waals surface area contributed by atoms with Gasteiger partial charge < -0.3 is 11.1 Å². The standard InChI is InChI=1S/C8H11F3N4/c1-5-6(9)7(15-4-14-5)13-3-8(10,11)2-12/h4H,2-3,12H2,1H3,(H,13,14,15). The molecule has 1 rings (SSSR count). The average Bonchev–Trinajstić information content (AvgIpc) is 2.20. The Morgan fingerprint density at radius 1 is 1.47 bits per heavy atom. The summed E-state index contributed by atoms with van der Waals surface area (Å²) in [6, 6.07) is 0. The Morgan fingerprint density at radius 3 is 2.73 bits per heavy atom. The number of anilines is 1. The Bertz CT molecular complexity index is 343. The number of rotatable bonds is 4. The van der Waals surface area contributed by atoms with E-state index in [1.165, 1.54) is 6.92 Å². The van der Waals surface area contributed by atoms with Crippen molar-refractivity contribution in [3.05, 3.63) is 17.8 Å². The highest BCUT2D eigenvalue weighted by Gasteiger charge is 2.26. The van der Waals surface area contributed by atoms with E-state index in [9.17, 15) is 13.2 Å². The van der Waals surface area contributed by atoms with Crippen LogP contribution in [0, 0.1) is 12.7 Å². The van der Waals surface area contributed by atoms with E-state index in [0.717, 1.165) is 6.33 Å². The van der Waals surface area contributed by atoms with Crippen molar-refractivity contribution in [3.63, 3.8) is 0 Å². The second kappa shape index (κ2) is 4.43. The van der Waals surface area contributed by atoms with Gasteiger partial charge in [-0.05, 0) is 6.92 Å². The first-order valence-electron chi connectivity index (χ1n) is 4.25. The molecule has 3 N–H and O–H groups in total. The van der Waals surface area contributed by atoms with Gasteiger partial charge >= 0.3 is 0 Å². The monoisotopic (exact) mass is 220 g/mol. The Hall–Kier alpha value is -1.37. The number of alkyl halides is 2. The third-order valence-electron chi connectivity index (χ3n) is 1.78. The maximum Gasteiger partial charge on any atom is 0.276 e. The van der Waals surface area contributed by atoms with Gasteiger partial charge in [-0.25, -0.2) is 23.1 Å². The molecule has 84 valence electrons. The zero-order valence-electron chi connectivity index (χ0n) is 8.10. The zero-order chi connectivity index (χ0) is 11.5. The van der Waals surface area contributed by atoms with Crippen LogP contribution in [0.25, 0.3) is 0 Å². The molecule has 0 unspecified atom stereocenters. The van der Waals surface area contributed by atoms with Crippen molar-refractivity contribution in [2.75, 3.05) is 18.4 Å². The summed E-state index contributed by atoms with van der Waals surface area (Å²) in [7, 11) is 0. The van der Waals surface area contributed by atoms with E-state index in [2.05, 4.69) is 15.3 Å². The number of hydrogen-bond donors (Lipinski definition) is 2. The van der Waals surface area contributed by atoms with E-state index in [1.54, 1.807) is 0 Å². The van der Waals surface area contributed by atoms with Crippen molar-refractivity contribution in [3.8, 4) is 0 Å². The largest absolute Gasteiger partial charge is 0.361 e. The lowest BCUT2D eigenvalue weighted by atomic mass is 10.3. The van der Waals surface area contributed by atoms with Gasteiger partial charge in [-0.3, -0.25) is 0 Å². The SMILES string of the molecule is Cc1ncnc(NCC(F)(F)CN)c1F. The molecule has 0 fully saturated rings. The second-order valence-electron chi connectivity index (χ2n) is 3.04. The zero-order valence-corrected chi connectivity index (χ0v) is 8.10. The lowest BCUT2D eigenvalue weighted by Crippen LogP contribution is -2.35. The van der Waals surface area contributed by atoms with E-state index in [0.29, 0.717) is 0 Å². The Labute approximate surface area is 84.7 Å². The number of nitrogens with two attached hydrogens (primary N) is 1. The molecule has 0 saturated heterocycles. The fraction of sp³-hybridized carbons (Fsp3) is 0.500. The molecule has 1 aromatic rings. The van der Waals surface area contributed by atoms with Gasteiger partial charge in [0, 0.05) is 0 Å². The number of aromatic nitrogens is 2. The number of nitrogens with one attached hydrogen (secondary N) is 1. The van der Waals surface area contributed by atoms with Crippen LogP contribution in [0.3, 0.4) is 0 Å². The third kappa shape index (κ3) is 3.05. The highest BCUT2D eigenvalue weighted by molar-refractivity contribution is 5.37. The first-order chi connectivity index (χ1) is 6.96. The molecule has 15 heavy (non-hydrogen) atoms. The molecule has 0 amide bonds. The summed E-state index contributed by atoms with van der Waals surface area (Å²) in [6.07, 6.45) is 1.10. The molecule has 4 nitrogen and oxygen atoms in total. The first kappa shape index (κ1) is 11.7. The molecule has 0 atom stereocenters. The van der Waals surface area contributed by atoms with E-state index in [4.69, 9.17) is 5.73 Å². The minimum Gasteiger partial charge on any atom is -0.361 e. The van der Waals surface area contributed by atoms with Crippen molar-refractivity contribution in [1.82, 2.24) is 9.97 Å². The van der Waals surface area contributed by atoms with E-state index in [1.807, 2.05) is 0 Å². The molecule has 0 radical (unpaired) electrons. The van der Waals surface area contributed by atoms with Gasteiger partial charge in [-0.2, -0.15) is 0 Å². The van der Waals surface area contributed by atoms with Crippen molar-refractivity contribution < 1.29 is 13.2 Å². The van der Waals surface area contributed by atoms with Crippen LogP contribution in [0.15, 0.2) is 6.33 Å². The molecular weight excluding hydrogens is 209 g/mol.